The van der Waals surface area contributed by atoms with Crippen molar-refractivity contribution in [1.82, 2.24) is 0 Å². The highest BCUT2D eigenvalue weighted by atomic mass is 19.3. The van der Waals surface area contributed by atoms with Gasteiger partial charge in [-0.15, -0.1) is 0 Å². The molecule has 0 spiro atoms. The molecular formula is C6H7F5. The zero-order chi connectivity index (χ0) is 8.91. The van der Waals surface area contributed by atoms with Crippen molar-refractivity contribution in [2.45, 2.75) is 37.3 Å². The van der Waals surface area contributed by atoms with Crippen molar-refractivity contribution in [1.29, 1.82) is 0 Å². The lowest BCUT2D eigenvalue weighted by molar-refractivity contribution is -0.0278. The van der Waals surface area contributed by atoms with Crippen LogP contribution in [0.4, 0.5) is 22.0 Å². The third kappa shape index (κ3) is 0.688. The topological polar surface area (TPSA) is 0 Å². The fourth-order valence-electron chi connectivity index (χ4n) is 1.10. The van der Waals surface area contributed by atoms with Crippen LogP contribution < -0.4 is 0 Å². The standard InChI is InChI=1S/C6H7F5/c1-2-3-4(7)5(8,9)6(4,10)11/h2-3H2,1H3. The van der Waals surface area contributed by atoms with Gasteiger partial charge in [0.2, 0.25) is 5.67 Å². The normalized spacial score (nSPS) is 30.0. The van der Waals surface area contributed by atoms with Crippen LogP contribution >= 0.6 is 0 Å². The summed E-state index contributed by atoms with van der Waals surface area (Å²) in [6.07, 6.45) is -0.797. The lowest BCUT2D eigenvalue weighted by Crippen LogP contribution is -2.12. The van der Waals surface area contributed by atoms with Gasteiger partial charge in [0.1, 0.15) is 0 Å². The number of rotatable bonds is 2. The first-order chi connectivity index (χ1) is 4.81. The maximum Gasteiger partial charge on any atom is 0.353 e. The van der Waals surface area contributed by atoms with Gasteiger partial charge in [-0.3, -0.25) is 0 Å². The maximum atomic E-state index is 12.6. The van der Waals surface area contributed by atoms with E-state index in [9.17, 15) is 22.0 Å². The molecule has 0 atom stereocenters. The fraction of sp³-hybridized carbons (Fsp3) is 1.00. The summed E-state index contributed by atoms with van der Waals surface area (Å²) in [5, 5.41) is 0. The Morgan fingerprint density at radius 1 is 0.909 bits per heavy atom. The van der Waals surface area contributed by atoms with E-state index in [1.165, 1.54) is 6.92 Å². The molecule has 0 N–H and O–H groups in total. The smallest absolute Gasteiger partial charge is 0.230 e. The van der Waals surface area contributed by atoms with E-state index >= 15 is 0 Å². The van der Waals surface area contributed by atoms with Crippen molar-refractivity contribution >= 4 is 0 Å². The fourth-order valence-corrected chi connectivity index (χ4v) is 1.10. The summed E-state index contributed by atoms with van der Waals surface area (Å²) in [5.41, 5.74) is -3.57. The molecule has 66 valence electrons. The Hall–Kier alpha value is -0.350. The largest absolute Gasteiger partial charge is 0.353 e. The lowest BCUT2D eigenvalue weighted by Gasteiger charge is -1.99. The van der Waals surface area contributed by atoms with E-state index in [-0.39, 0.29) is 6.42 Å². The molecule has 0 bridgehead atoms. The summed E-state index contributed by atoms with van der Waals surface area (Å²) in [6, 6.07) is 0. The lowest BCUT2D eigenvalue weighted by atomic mass is 10.2. The Morgan fingerprint density at radius 3 is 1.36 bits per heavy atom. The number of alkyl halides is 5. The molecule has 1 aliphatic carbocycles. The molecule has 1 saturated carbocycles. The summed E-state index contributed by atoms with van der Waals surface area (Å²) in [5.74, 6) is -8.90. The van der Waals surface area contributed by atoms with Crippen LogP contribution in [-0.2, 0) is 0 Å². The Morgan fingerprint density at radius 2 is 1.27 bits per heavy atom. The highest BCUT2D eigenvalue weighted by molar-refractivity contribution is 5.28. The van der Waals surface area contributed by atoms with Crippen LogP contribution in [0.25, 0.3) is 0 Å². The Balaban J connectivity index is 2.78. The number of halogens is 5. The van der Waals surface area contributed by atoms with Gasteiger partial charge in [0.15, 0.2) is 0 Å². The molecule has 0 nitrogen and oxygen atoms in total. The van der Waals surface area contributed by atoms with E-state index in [4.69, 9.17) is 0 Å². The minimum absolute atomic E-state index is 0.0122. The summed E-state index contributed by atoms with van der Waals surface area (Å²) < 4.78 is 60.6. The summed E-state index contributed by atoms with van der Waals surface area (Å²) in [4.78, 5) is 0. The zero-order valence-corrected chi connectivity index (χ0v) is 5.80. The van der Waals surface area contributed by atoms with Crippen LogP contribution in [0, 0.1) is 0 Å². The second kappa shape index (κ2) is 1.87. The van der Waals surface area contributed by atoms with E-state index in [1.54, 1.807) is 0 Å². The molecule has 0 unspecified atom stereocenters. The number of hydrogen-bond acceptors (Lipinski definition) is 0. The third-order valence-electron chi connectivity index (χ3n) is 1.92. The first-order valence-electron chi connectivity index (χ1n) is 3.26. The van der Waals surface area contributed by atoms with Gasteiger partial charge in [-0.2, -0.15) is 17.6 Å². The maximum absolute atomic E-state index is 12.6. The van der Waals surface area contributed by atoms with Crippen molar-refractivity contribution in [2.75, 3.05) is 0 Å². The van der Waals surface area contributed by atoms with Crippen LogP contribution in [0.1, 0.15) is 19.8 Å². The van der Waals surface area contributed by atoms with Gasteiger partial charge in [0.05, 0.1) is 0 Å². The van der Waals surface area contributed by atoms with E-state index in [0.717, 1.165) is 0 Å². The first-order valence-corrected chi connectivity index (χ1v) is 3.26. The second-order valence-corrected chi connectivity index (χ2v) is 2.70. The minimum Gasteiger partial charge on any atom is -0.230 e. The van der Waals surface area contributed by atoms with Crippen molar-refractivity contribution in [3.63, 3.8) is 0 Å². The van der Waals surface area contributed by atoms with Gasteiger partial charge in [-0.05, 0) is 6.42 Å². The van der Waals surface area contributed by atoms with Crippen LogP contribution in [0.15, 0.2) is 0 Å². The SMILES string of the molecule is CCCC1(F)C(F)(F)C1(F)F. The summed E-state index contributed by atoms with van der Waals surface area (Å²) >= 11 is 0. The van der Waals surface area contributed by atoms with Crippen LogP contribution in [0.2, 0.25) is 0 Å². The Kier molecular flexibility index (Phi) is 1.49. The van der Waals surface area contributed by atoms with Gasteiger partial charge < -0.3 is 0 Å². The first kappa shape index (κ1) is 8.74. The summed E-state index contributed by atoms with van der Waals surface area (Å²) in [6.45, 7) is 1.38. The molecule has 0 heterocycles. The van der Waals surface area contributed by atoms with Crippen LogP contribution in [0.3, 0.4) is 0 Å². The zero-order valence-electron chi connectivity index (χ0n) is 5.80. The van der Waals surface area contributed by atoms with Gasteiger partial charge >= 0.3 is 11.8 Å². The average molecular weight is 174 g/mol. The molecule has 11 heavy (non-hydrogen) atoms. The molecule has 1 fully saturated rings. The predicted molar refractivity (Wildman–Crippen MR) is 28.6 cm³/mol. The average Bonchev–Trinajstić information content (AvgIpc) is 2.12. The molecule has 0 aliphatic heterocycles. The molecule has 0 radical (unpaired) electrons. The van der Waals surface area contributed by atoms with Crippen molar-refractivity contribution < 1.29 is 22.0 Å². The van der Waals surface area contributed by atoms with Gasteiger partial charge in [0, 0.05) is 0 Å². The Labute approximate surface area is 60.4 Å². The van der Waals surface area contributed by atoms with Gasteiger partial charge in [-0.25, -0.2) is 4.39 Å². The molecule has 0 aromatic heterocycles. The predicted octanol–water partition coefficient (Wildman–Crippen LogP) is 2.78. The van der Waals surface area contributed by atoms with Crippen molar-refractivity contribution in [3.8, 4) is 0 Å². The van der Waals surface area contributed by atoms with Crippen LogP contribution in [-0.4, -0.2) is 17.5 Å². The van der Waals surface area contributed by atoms with Crippen molar-refractivity contribution in [3.05, 3.63) is 0 Å². The molecule has 1 aliphatic rings. The highest BCUT2D eigenvalue weighted by Gasteiger charge is 2.97. The molecule has 0 saturated heterocycles. The van der Waals surface area contributed by atoms with E-state index in [1.807, 2.05) is 0 Å². The van der Waals surface area contributed by atoms with E-state index < -0.39 is 23.9 Å². The third-order valence-corrected chi connectivity index (χ3v) is 1.92. The van der Waals surface area contributed by atoms with Crippen LogP contribution in [0.5, 0.6) is 0 Å². The van der Waals surface area contributed by atoms with Crippen molar-refractivity contribution in [2.24, 2.45) is 0 Å². The molecular weight excluding hydrogens is 167 g/mol. The second-order valence-electron chi connectivity index (χ2n) is 2.70. The molecule has 0 aromatic rings. The molecule has 5 heteroatoms. The molecule has 0 aromatic carbocycles. The minimum atomic E-state index is -4.45. The molecule has 1 rings (SSSR count). The molecule has 0 amide bonds. The van der Waals surface area contributed by atoms with E-state index in [2.05, 4.69) is 0 Å². The van der Waals surface area contributed by atoms with Gasteiger partial charge in [0.25, 0.3) is 0 Å². The number of hydrogen-bond donors (Lipinski definition) is 0. The van der Waals surface area contributed by atoms with E-state index in [0.29, 0.717) is 0 Å². The highest BCUT2D eigenvalue weighted by Crippen LogP contribution is 2.69. The quantitative estimate of drug-likeness (QED) is 0.564. The summed E-state index contributed by atoms with van der Waals surface area (Å²) in [7, 11) is 0. The van der Waals surface area contributed by atoms with Gasteiger partial charge in [-0.1, -0.05) is 13.3 Å². The monoisotopic (exact) mass is 174 g/mol. The Bertz CT molecular complexity index is 160.